The number of hydrogen-bond donors (Lipinski definition) is 0. The fourth-order valence-corrected chi connectivity index (χ4v) is 4.13. The SMILES string of the molecule is Cc1cc(C(=O)N2C[C@H]([C@H](C)Oc3ccc(C#N)cn3)[C@@H](c3ccc(F)c(F)c3)C2)cnn1. The summed E-state index contributed by atoms with van der Waals surface area (Å²) >= 11 is 0. The predicted octanol–water partition coefficient (Wildman–Crippen LogP) is 3.65. The van der Waals surface area contributed by atoms with Crippen molar-refractivity contribution in [2.75, 3.05) is 13.1 Å². The molecule has 33 heavy (non-hydrogen) atoms. The highest BCUT2D eigenvalue weighted by atomic mass is 19.2. The van der Waals surface area contributed by atoms with Gasteiger partial charge in [-0.15, -0.1) is 0 Å². The fraction of sp³-hybridized carbons (Fsp3) is 0.292. The number of halogens is 2. The molecule has 0 bridgehead atoms. The molecule has 7 nitrogen and oxygen atoms in total. The molecule has 1 fully saturated rings. The number of rotatable bonds is 5. The molecule has 9 heteroatoms. The summed E-state index contributed by atoms with van der Waals surface area (Å²) in [6.07, 6.45) is 2.42. The zero-order valence-electron chi connectivity index (χ0n) is 18.1. The largest absolute Gasteiger partial charge is 0.474 e. The summed E-state index contributed by atoms with van der Waals surface area (Å²) in [5.74, 6) is -2.24. The zero-order chi connectivity index (χ0) is 23.5. The van der Waals surface area contributed by atoms with Crippen molar-refractivity contribution in [2.24, 2.45) is 5.92 Å². The van der Waals surface area contributed by atoms with Crippen LogP contribution in [0.1, 0.15) is 40.0 Å². The van der Waals surface area contributed by atoms with Crippen LogP contribution in [0.2, 0.25) is 0 Å². The third kappa shape index (κ3) is 4.80. The molecule has 0 aliphatic carbocycles. The van der Waals surface area contributed by atoms with Gasteiger partial charge in [0.15, 0.2) is 11.6 Å². The Kier molecular flexibility index (Phi) is 6.27. The molecule has 0 radical (unpaired) electrons. The molecule has 3 aromatic rings. The van der Waals surface area contributed by atoms with E-state index in [9.17, 15) is 13.6 Å². The highest BCUT2D eigenvalue weighted by Crippen LogP contribution is 2.37. The maximum Gasteiger partial charge on any atom is 0.255 e. The second-order valence-corrected chi connectivity index (χ2v) is 8.06. The van der Waals surface area contributed by atoms with E-state index in [1.807, 2.05) is 13.0 Å². The molecule has 0 N–H and O–H groups in total. The van der Waals surface area contributed by atoms with Crippen molar-refractivity contribution in [3.63, 3.8) is 0 Å². The van der Waals surface area contributed by atoms with E-state index in [0.29, 0.717) is 41.4 Å². The van der Waals surface area contributed by atoms with E-state index in [-0.39, 0.29) is 17.7 Å². The second-order valence-electron chi connectivity index (χ2n) is 8.06. The van der Waals surface area contributed by atoms with E-state index in [1.165, 1.54) is 24.5 Å². The number of carbonyl (C=O) groups is 1. The zero-order valence-corrected chi connectivity index (χ0v) is 18.1. The summed E-state index contributed by atoms with van der Waals surface area (Å²) in [5.41, 5.74) is 2.03. The molecule has 0 spiro atoms. The van der Waals surface area contributed by atoms with Crippen molar-refractivity contribution in [3.8, 4) is 11.9 Å². The minimum atomic E-state index is -0.938. The van der Waals surface area contributed by atoms with Gasteiger partial charge in [-0.25, -0.2) is 13.8 Å². The van der Waals surface area contributed by atoms with Gasteiger partial charge in [-0.05, 0) is 43.7 Å². The topological polar surface area (TPSA) is 92.0 Å². The maximum atomic E-state index is 14.0. The summed E-state index contributed by atoms with van der Waals surface area (Å²) in [5, 5.41) is 16.7. The van der Waals surface area contributed by atoms with Crippen molar-refractivity contribution in [1.29, 1.82) is 5.26 Å². The van der Waals surface area contributed by atoms with Crippen LogP contribution >= 0.6 is 0 Å². The Hall–Kier alpha value is -3.93. The number of carbonyl (C=O) groups excluding carboxylic acids is 1. The van der Waals surface area contributed by atoms with Crippen molar-refractivity contribution < 1.29 is 18.3 Å². The monoisotopic (exact) mass is 449 g/mol. The molecule has 4 rings (SSSR count). The number of aromatic nitrogens is 3. The third-order valence-corrected chi connectivity index (χ3v) is 5.82. The number of amides is 1. The van der Waals surface area contributed by atoms with E-state index >= 15 is 0 Å². The molecule has 1 aromatic carbocycles. The molecule has 1 saturated heterocycles. The first-order chi connectivity index (χ1) is 15.9. The molecule has 1 aliphatic heterocycles. The molecule has 1 aliphatic rings. The molecule has 1 amide bonds. The van der Waals surface area contributed by atoms with Crippen LogP contribution in [-0.2, 0) is 0 Å². The average Bonchev–Trinajstić information content (AvgIpc) is 3.26. The lowest BCUT2D eigenvalue weighted by Gasteiger charge is -2.25. The number of hydrogen-bond acceptors (Lipinski definition) is 6. The minimum absolute atomic E-state index is 0.216. The van der Waals surface area contributed by atoms with Crippen LogP contribution < -0.4 is 4.74 Å². The number of aryl methyl sites for hydroxylation is 1. The predicted molar refractivity (Wildman–Crippen MR) is 114 cm³/mol. The van der Waals surface area contributed by atoms with Gasteiger partial charge in [0.25, 0.3) is 5.91 Å². The average molecular weight is 449 g/mol. The fourth-order valence-electron chi connectivity index (χ4n) is 4.13. The van der Waals surface area contributed by atoms with E-state index in [2.05, 4.69) is 15.2 Å². The van der Waals surface area contributed by atoms with Gasteiger partial charge in [0.05, 0.1) is 23.0 Å². The van der Waals surface area contributed by atoms with E-state index in [0.717, 1.165) is 6.07 Å². The van der Waals surface area contributed by atoms with Crippen LogP contribution in [0.15, 0.2) is 48.8 Å². The third-order valence-electron chi connectivity index (χ3n) is 5.82. The molecule has 168 valence electrons. The van der Waals surface area contributed by atoms with Gasteiger partial charge in [0.2, 0.25) is 5.88 Å². The van der Waals surface area contributed by atoms with Crippen LogP contribution in [0.4, 0.5) is 8.78 Å². The standard InChI is InChI=1S/C24H21F2N5O2/c1-14-7-18(11-29-30-14)24(32)31-12-19(15(2)33-23-6-3-16(9-27)10-28-23)20(13-31)17-4-5-21(25)22(26)8-17/h3-8,10-11,15,19-20H,12-13H2,1-2H3/t15-,19+,20+/m0/s1. The molecule has 3 atom stereocenters. The van der Waals surface area contributed by atoms with Crippen molar-refractivity contribution in [1.82, 2.24) is 20.1 Å². The van der Waals surface area contributed by atoms with Gasteiger partial charge in [-0.3, -0.25) is 4.79 Å². The summed E-state index contributed by atoms with van der Waals surface area (Å²) in [4.78, 5) is 18.9. The lowest BCUT2D eigenvalue weighted by molar-refractivity contribution is 0.0769. The number of ether oxygens (including phenoxy) is 1. The molecule has 3 heterocycles. The number of nitrogens with zero attached hydrogens (tertiary/aromatic N) is 5. The van der Waals surface area contributed by atoms with Crippen molar-refractivity contribution in [2.45, 2.75) is 25.9 Å². The normalized spacial score (nSPS) is 18.6. The number of pyridine rings is 1. The van der Waals surface area contributed by atoms with Crippen LogP contribution in [0.3, 0.4) is 0 Å². The Morgan fingerprint density at radius 3 is 2.67 bits per heavy atom. The summed E-state index contributed by atoms with van der Waals surface area (Å²) in [6, 6.07) is 10.7. The van der Waals surface area contributed by atoms with Crippen LogP contribution in [0.25, 0.3) is 0 Å². The smallest absolute Gasteiger partial charge is 0.255 e. The van der Waals surface area contributed by atoms with E-state index in [4.69, 9.17) is 10.00 Å². The Morgan fingerprint density at radius 1 is 1.18 bits per heavy atom. The minimum Gasteiger partial charge on any atom is -0.474 e. The van der Waals surface area contributed by atoms with Crippen molar-refractivity contribution >= 4 is 5.91 Å². The van der Waals surface area contributed by atoms with Gasteiger partial charge >= 0.3 is 0 Å². The van der Waals surface area contributed by atoms with E-state index < -0.39 is 17.7 Å². The first-order valence-corrected chi connectivity index (χ1v) is 10.4. The van der Waals surface area contributed by atoms with Gasteiger partial charge in [-0.2, -0.15) is 15.5 Å². The van der Waals surface area contributed by atoms with Crippen LogP contribution in [0.5, 0.6) is 5.88 Å². The maximum absolute atomic E-state index is 14.0. The number of benzene rings is 1. The summed E-state index contributed by atoms with van der Waals surface area (Å²) in [7, 11) is 0. The lowest BCUT2D eigenvalue weighted by Crippen LogP contribution is -2.32. The first-order valence-electron chi connectivity index (χ1n) is 10.4. The Balaban J connectivity index is 1.61. The Labute approximate surface area is 189 Å². The van der Waals surface area contributed by atoms with E-state index in [1.54, 1.807) is 30.0 Å². The molecule has 2 aromatic heterocycles. The summed E-state index contributed by atoms with van der Waals surface area (Å²) in [6.45, 7) is 4.26. The van der Waals surface area contributed by atoms with Gasteiger partial charge in [0.1, 0.15) is 12.2 Å². The molecule has 0 unspecified atom stereocenters. The second kappa shape index (κ2) is 9.28. The highest BCUT2D eigenvalue weighted by Gasteiger charge is 2.40. The van der Waals surface area contributed by atoms with Gasteiger partial charge in [0, 0.05) is 37.2 Å². The summed E-state index contributed by atoms with van der Waals surface area (Å²) < 4.78 is 33.6. The van der Waals surface area contributed by atoms with Crippen molar-refractivity contribution in [3.05, 3.63) is 82.8 Å². The lowest BCUT2D eigenvalue weighted by atomic mass is 9.85. The van der Waals surface area contributed by atoms with Crippen LogP contribution in [-0.4, -0.2) is 45.2 Å². The Bertz CT molecular complexity index is 1210. The highest BCUT2D eigenvalue weighted by molar-refractivity contribution is 5.94. The Morgan fingerprint density at radius 2 is 2.00 bits per heavy atom. The first kappa shape index (κ1) is 22.3. The molecule has 0 saturated carbocycles. The molecular formula is C24H21F2N5O2. The van der Waals surface area contributed by atoms with Crippen LogP contribution in [0, 0.1) is 35.8 Å². The van der Waals surface area contributed by atoms with Gasteiger partial charge < -0.3 is 9.64 Å². The quantitative estimate of drug-likeness (QED) is 0.590. The number of nitriles is 1. The van der Waals surface area contributed by atoms with Gasteiger partial charge in [-0.1, -0.05) is 6.07 Å². The number of likely N-dealkylation sites (tertiary alicyclic amines) is 1. The molecular weight excluding hydrogens is 428 g/mol.